The maximum Gasteiger partial charge on any atom is 0.254 e. The van der Waals surface area contributed by atoms with Crippen molar-refractivity contribution in [3.8, 4) is 0 Å². The summed E-state index contributed by atoms with van der Waals surface area (Å²) in [5.74, 6) is 0.213. The number of likely N-dealkylation sites (N-methyl/N-ethyl adjacent to an activating group) is 1. The molecule has 3 heterocycles. The van der Waals surface area contributed by atoms with Gasteiger partial charge in [-0.05, 0) is 57.5 Å². The Morgan fingerprint density at radius 1 is 1.04 bits per heavy atom. The zero-order chi connectivity index (χ0) is 16.0. The van der Waals surface area contributed by atoms with E-state index in [0.29, 0.717) is 12.1 Å². The fourth-order valence-corrected chi connectivity index (χ4v) is 4.51. The summed E-state index contributed by atoms with van der Waals surface area (Å²) in [6, 6.07) is 9.06. The molecule has 4 heteroatoms. The van der Waals surface area contributed by atoms with Gasteiger partial charge in [-0.25, -0.2) is 0 Å². The van der Waals surface area contributed by atoms with Crippen molar-refractivity contribution in [1.82, 2.24) is 14.4 Å². The average molecular weight is 311 g/mol. The summed E-state index contributed by atoms with van der Waals surface area (Å²) in [5, 5.41) is 1.07. The highest BCUT2D eigenvalue weighted by Gasteiger charge is 2.38. The van der Waals surface area contributed by atoms with E-state index in [0.717, 1.165) is 42.4 Å². The van der Waals surface area contributed by atoms with Crippen molar-refractivity contribution >= 4 is 16.8 Å². The van der Waals surface area contributed by atoms with Crippen LogP contribution in [0.15, 0.2) is 30.5 Å². The van der Waals surface area contributed by atoms with Gasteiger partial charge in [0.2, 0.25) is 0 Å². The highest BCUT2D eigenvalue weighted by atomic mass is 16.2. The molecule has 0 saturated carbocycles. The first kappa shape index (κ1) is 14.8. The average Bonchev–Trinajstić information content (AvgIpc) is 3.26. The van der Waals surface area contributed by atoms with Gasteiger partial charge in [0, 0.05) is 48.3 Å². The fourth-order valence-electron chi connectivity index (χ4n) is 4.51. The van der Waals surface area contributed by atoms with Crippen molar-refractivity contribution in [2.75, 3.05) is 20.1 Å². The van der Waals surface area contributed by atoms with Crippen LogP contribution in [0.1, 0.15) is 36.0 Å². The largest absolute Gasteiger partial charge is 0.351 e. The summed E-state index contributed by atoms with van der Waals surface area (Å²) >= 11 is 0. The molecule has 2 aliphatic heterocycles. The number of nitrogens with zero attached hydrogens (tertiary/aromatic N) is 3. The molecule has 1 aromatic heterocycles. The van der Waals surface area contributed by atoms with Gasteiger partial charge in [0.15, 0.2) is 0 Å². The quantitative estimate of drug-likeness (QED) is 0.853. The number of benzene rings is 1. The van der Waals surface area contributed by atoms with Crippen LogP contribution < -0.4 is 0 Å². The Hall–Kier alpha value is -1.81. The van der Waals surface area contributed by atoms with Gasteiger partial charge in [-0.3, -0.25) is 4.79 Å². The van der Waals surface area contributed by atoms with Gasteiger partial charge >= 0.3 is 0 Å². The van der Waals surface area contributed by atoms with Crippen molar-refractivity contribution < 1.29 is 4.79 Å². The van der Waals surface area contributed by atoms with Gasteiger partial charge in [-0.1, -0.05) is 6.07 Å². The minimum Gasteiger partial charge on any atom is -0.351 e. The molecule has 4 nitrogen and oxygen atoms in total. The number of amides is 1. The van der Waals surface area contributed by atoms with E-state index in [4.69, 9.17) is 0 Å². The van der Waals surface area contributed by atoms with Gasteiger partial charge in [-0.2, -0.15) is 0 Å². The fraction of sp³-hybridized carbons (Fsp3) is 0.526. The summed E-state index contributed by atoms with van der Waals surface area (Å²) < 4.78 is 2.08. The first-order valence-electron chi connectivity index (χ1n) is 8.72. The Bertz CT molecular complexity index is 735. The molecule has 2 fully saturated rings. The van der Waals surface area contributed by atoms with Gasteiger partial charge in [0.05, 0.1) is 0 Å². The Labute approximate surface area is 137 Å². The lowest BCUT2D eigenvalue weighted by Crippen LogP contribution is -2.47. The van der Waals surface area contributed by atoms with Gasteiger partial charge < -0.3 is 14.4 Å². The van der Waals surface area contributed by atoms with E-state index in [1.807, 2.05) is 25.4 Å². The highest BCUT2D eigenvalue weighted by Crippen LogP contribution is 2.31. The van der Waals surface area contributed by atoms with Crippen molar-refractivity contribution in [3.63, 3.8) is 0 Å². The second-order valence-corrected chi connectivity index (χ2v) is 7.06. The number of fused-ring (bicyclic) bond motifs is 1. The predicted molar refractivity (Wildman–Crippen MR) is 92.6 cm³/mol. The van der Waals surface area contributed by atoms with Crippen molar-refractivity contribution in [1.29, 1.82) is 0 Å². The van der Waals surface area contributed by atoms with Crippen LogP contribution in [0.2, 0.25) is 0 Å². The standard InChI is InChI=1S/C19H25N3O/c1-20-11-4-8-17(20)18-9-5-12-22(18)19(23)15-6-3-7-16-14(15)10-13-21(16)2/h3,6-7,10,13,17-18H,4-5,8-9,11-12H2,1-2H3/t17-,18+/m1/s1. The molecule has 0 unspecified atom stereocenters. The minimum atomic E-state index is 0.213. The molecule has 4 rings (SSSR count). The number of aromatic nitrogens is 1. The van der Waals surface area contributed by atoms with Crippen LogP contribution in [-0.4, -0.2) is 52.5 Å². The minimum absolute atomic E-state index is 0.213. The van der Waals surface area contributed by atoms with Gasteiger partial charge in [0.1, 0.15) is 0 Å². The van der Waals surface area contributed by atoms with E-state index in [1.54, 1.807) is 0 Å². The Morgan fingerprint density at radius 3 is 2.61 bits per heavy atom. The van der Waals surface area contributed by atoms with Crippen molar-refractivity contribution in [2.45, 2.75) is 37.8 Å². The molecule has 2 aromatic rings. The molecular weight excluding hydrogens is 286 g/mol. The summed E-state index contributed by atoms with van der Waals surface area (Å²) in [4.78, 5) is 17.8. The Morgan fingerprint density at radius 2 is 1.83 bits per heavy atom. The van der Waals surface area contributed by atoms with E-state index in [2.05, 4.69) is 33.5 Å². The lowest BCUT2D eigenvalue weighted by molar-refractivity contribution is 0.0666. The number of hydrogen-bond acceptors (Lipinski definition) is 2. The molecule has 2 atom stereocenters. The number of rotatable bonds is 2. The van der Waals surface area contributed by atoms with Crippen molar-refractivity contribution in [2.24, 2.45) is 7.05 Å². The SMILES string of the molecule is CN1CCC[C@@H]1[C@@H]1CCCN1C(=O)c1cccc2c1ccn2C. The van der Waals surface area contributed by atoms with Crippen LogP contribution in [0.5, 0.6) is 0 Å². The van der Waals surface area contributed by atoms with Crippen LogP contribution in [0.25, 0.3) is 10.9 Å². The van der Waals surface area contributed by atoms with E-state index >= 15 is 0 Å². The summed E-state index contributed by atoms with van der Waals surface area (Å²) in [7, 11) is 4.24. The number of likely N-dealkylation sites (tertiary alicyclic amines) is 2. The zero-order valence-electron chi connectivity index (χ0n) is 14.0. The molecule has 122 valence electrons. The Kier molecular flexibility index (Phi) is 3.64. The van der Waals surface area contributed by atoms with E-state index in [1.165, 1.54) is 12.8 Å². The third kappa shape index (κ3) is 2.36. The molecule has 1 amide bonds. The molecule has 0 N–H and O–H groups in total. The molecule has 0 bridgehead atoms. The maximum absolute atomic E-state index is 13.2. The van der Waals surface area contributed by atoms with Crippen LogP contribution in [0.4, 0.5) is 0 Å². The smallest absolute Gasteiger partial charge is 0.254 e. The molecule has 2 saturated heterocycles. The Balaban J connectivity index is 1.67. The van der Waals surface area contributed by atoms with Crippen LogP contribution in [0, 0.1) is 0 Å². The number of hydrogen-bond donors (Lipinski definition) is 0. The third-order valence-corrected chi connectivity index (χ3v) is 5.74. The lowest BCUT2D eigenvalue weighted by atomic mass is 10.0. The second kappa shape index (κ2) is 5.68. The first-order valence-corrected chi connectivity index (χ1v) is 8.72. The topological polar surface area (TPSA) is 28.5 Å². The van der Waals surface area contributed by atoms with E-state index < -0.39 is 0 Å². The normalized spacial score (nSPS) is 25.6. The van der Waals surface area contributed by atoms with Crippen molar-refractivity contribution in [3.05, 3.63) is 36.0 Å². The molecular formula is C19H25N3O. The number of carbonyl (C=O) groups is 1. The molecule has 23 heavy (non-hydrogen) atoms. The molecule has 0 aliphatic carbocycles. The number of carbonyl (C=O) groups excluding carboxylic acids is 1. The summed E-state index contributed by atoms with van der Waals surface area (Å²) in [6.07, 6.45) is 6.79. The maximum atomic E-state index is 13.2. The van der Waals surface area contributed by atoms with Crippen LogP contribution in [0.3, 0.4) is 0 Å². The van der Waals surface area contributed by atoms with Gasteiger partial charge in [0.25, 0.3) is 5.91 Å². The molecule has 2 aliphatic rings. The van der Waals surface area contributed by atoms with Crippen LogP contribution in [-0.2, 0) is 7.05 Å². The lowest BCUT2D eigenvalue weighted by Gasteiger charge is -2.33. The zero-order valence-corrected chi connectivity index (χ0v) is 14.0. The second-order valence-electron chi connectivity index (χ2n) is 7.06. The van der Waals surface area contributed by atoms with E-state index in [-0.39, 0.29) is 5.91 Å². The number of aryl methyl sites for hydroxylation is 1. The van der Waals surface area contributed by atoms with Gasteiger partial charge in [-0.15, -0.1) is 0 Å². The molecule has 0 radical (unpaired) electrons. The summed E-state index contributed by atoms with van der Waals surface area (Å²) in [5.41, 5.74) is 1.99. The van der Waals surface area contributed by atoms with E-state index in [9.17, 15) is 4.79 Å². The first-order chi connectivity index (χ1) is 11.2. The highest BCUT2D eigenvalue weighted by molar-refractivity contribution is 6.06. The van der Waals surface area contributed by atoms with Crippen LogP contribution >= 0.6 is 0 Å². The molecule has 0 spiro atoms. The summed E-state index contributed by atoms with van der Waals surface area (Å²) in [6.45, 7) is 2.06. The predicted octanol–water partition coefficient (Wildman–Crippen LogP) is 2.88. The third-order valence-electron chi connectivity index (χ3n) is 5.74. The monoisotopic (exact) mass is 311 g/mol. The molecule has 1 aromatic carbocycles.